The quantitative estimate of drug-likeness (QED) is 0.136. The predicted octanol–water partition coefficient (Wildman–Crippen LogP) is 4.97. The second-order valence-electron chi connectivity index (χ2n) is 8.33. The van der Waals surface area contributed by atoms with Gasteiger partial charge in [-0.2, -0.15) is 0 Å². The molecule has 0 atom stereocenters. The third kappa shape index (κ3) is 5.87. The summed E-state index contributed by atoms with van der Waals surface area (Å²) < 4.78 is 11.6. The number of nitro groups is 1. The Morgan fingerprint density at radius 2 is 1.63 bits per heavy atom. The SMILES string of the molecule is CCOc1cc(/C=C2\C(=O)NC(=S)N(c3ccc(CC)cc3)C2=O)ccc1OCc1ccc([N+](=O)[O-])cc1. The first kappa shape index (κ1) is 26.5. The maximum Gasteiger partial charge on any atom is 0.270 e. The fraction of sp³-hybridized carbons (Fsp3) is 0.179. The summed E-state index contributed by atoms with van der Waals surface area (Å²) in [5.41, 5.74) is 2.91. The van der Waals surface area contributed by atoms with Gasteiger partial charge in [0.15, 0.2) is 16.6 Å². The number of aryl methyl sites for hydroxylation is 1. The fourth-order valence-corrected chi connectivity index (χ4v) is 4.10. The molecule has 0 saturated carbocycles. The van der Waals surface area contributed by atoms with Crippen molar-refractivity contribution in [3.63, 3.8) is 0 Å². The van der Waals surface area contributed by atoms with Gasteiger partial charge in [0.1, 0.15) is 12.2 Å². The number of nitrogens with one attached hydrogen (secondary N) is 1. The maximum absolute atomic E-state index is 13.3. The summed E-state index contributed by atoms with van der Waals surface area (Å²) in [7, 11) is 0. The van der Waals surface area contributed by atoms with Crippen LogP contribution in [0.1, 0.15) is 30.5 Å². The number of non-ortho nitro benzene ring substituents is 1. The Hall–Kier alpha value is -4.57. The molecule has 0 aliphatic carbocycles. The molecule has 2 amide bonds. The Bertz CT molecular complexity index is 1420. The first-order valence-corrected chi connectivity index (χ1v) is 12.3. The first-order valence-electron chi connectivity index (χ1n) is 11.9. The van der Waals surface area contributed by atoms with Crippen LogP contribution in [0.5, 0.6) is 11.5 Å². The largest absolute Gasteiger partial charge is 0.490 e. The van der Waals surface area contributed by atoms with Crippen LogP contribution in [0.15, 0.2) is 72.3 Å². The number of amides is 2. The van der Waals surface area contributed by atoms with E-state index < -0.39 is 16.7 Å². The van der Waals surface area contributed by atoms with Crippen LogP contribution in [0.2, 0.25) is 0 Å². The van der Waals surface area contributed by atoms with E-state index in [0.29, 0.717) is 29.4 Å². The van der Waals surface area contributed by atoms with E-state index in [9.17, 15) is 19.7 Å². The zero-order chi connectivity index (χ0) is 27.2. The summed E-state index contributed by atoms with van der Waals surface area (Å²) in [6.45, 7) is 4.40. The Balaban J connectivity index is 1.57. The maximum atomic E-state index is 13.3. The minimum atomic E-state index is -0.585. The van der Waals surface area contributed by atoms with E-state index in [-0.39, 0.29) is 23.0 Å². The first-order chi connectivity index (χ1) is 18.3. The molecule has 1 N–H and O–H groups in total. The van der Waals surface area contributed by atoms with Crippen LogP contribution >= 0.6 is 12.2 Å². The van der Waals surface area contributed by atoms with Crippen LogP contribution in [0.4, 0.5) is 11.4 Å². The van der Waals surface area contributed by atoms with Gasteiger partial charge in [-0.15, -0.1) is 0 Å². The van der Waals surface area contributed by atoms with Gasteiger partial charge in [-0.3, -0.25) is 29.9 Å². The molecule has 1 aliphatic rings. The number of thiocarbonyl (C=S) groups is 1. The summed E-state index contributed by atoms with van der Waals surface area (Å²) in [5.74, 6) is -0.238. The van der Waals surface area contributed by atoms with Crippen LogP contribution in [0.3, 0.4) is 0 Å². The molecule has 0 bridgehead atoms. The number of rotatable bonds is 9. The van der Waals surface area contributed by atoms with Gasteiger partial charge >= 0.3 is 0 Å². The lowest BCUT2D eigenvalue weighted by Crippen LogP contribution is -2.54. The van der Waals surface area contributed by atoms with Crippen molar-refractivity contribution >= 4 is 46.6 Å². The molecule has 1 fully saturated rings. The highest BCUT2D eigenvalue weighted by Gasteiger charge is 2.34. The Morgan fingerprint density at radius 3 is 2.26 bits per heavy atom. The van der Waals surface area contributed by atoms with Crippen LogP contribution < -0.4 is 19.7 Å². The van der Waals surface area contributed by atoms with E-state index in [4.69, 9.17) is 21.7 Å². The highest BCUT2D eigenvalue weighted by molar-refractivity contribution is 7.80. The highest BCUT2D eigenvalue weighted by Crippen LogP contribution is 2.31. The van der Waals surface area contributed by atoms with Gasteiger partial charge in [0.2, 0.25) is 0 Å². The summed E-state index contributed by atoms with van der Waals surface area (Å²) in [6, 6.07) is 18.5. The van der Waals surface area contributed by atoms with E-state index >= 15 is 0 Å². The Labute approximate surface area is 224 Å². The number of nitrogens with zero attached hydrogens (tertiary/aromatic N) is 2. The molecule has 194 valence electrons. The molecule has 38 heavy (non-hydrogen) atoms. The molecule has 9 nitrogen and oxygen atoms in total. The lowest BCUT2D eigenvalue weighted by atomic mass is 10.1. The van der Waals surface area contributed by atoms with Gasteiger partial charge in [-0.25, -0.2) is 0 Å². The van der Waals surface area contributed by atoms with Crippen molar-refractivity contribution in [2.75, 3.05) is 11.5 Å². The van der Waals surface area contributed by atoms with Crippen LogP contribution in [-0.2, 0) is 22.6 Å². The molecule has 3 aromatic rings. The van der Waals surface area contributed by atoms with Crippen LogP contribution in [0, 0.1) is 10.1 Å². The van der Waals surface area contributed by atoms with Gasteiger partial charge < -0.3 is 9.47 Å². The number of anilines is 1. The summed E-state index contributed by atoms with van der Waals surface area (Å²) in [4.78, 5) is 37.7. The Kier molecular flexibility index (Phi) is 8.12. The number of benzene rings is 3. The van der Waals surface area contributed by atoms with Gasteiger partial charge in [-0.05, 0) is 84.7 Å². The minimum Gasteiger partial charge on any atom is -0.490 e. The minimum absolute atomic E-state index is 0.000237. The average Bonchev–Trinajstić information content (AvgIpc) is 2.91. The van der Waals surface area contributed by atoms with E-state index in [1.165, 1.54) is 23.1 Å². The van der Waals surface area contributed by atoms with Gasteiger partial charge in [0.25, 0.3) is 17.5 Å². The lowest BCUT2D eigenvalue weighted by Gasteiger charge is -2.29. The van der Waals surface area contributed by atoms with Crippen molar-refractivity contribution in [1.82, 2.24) is 5.32 Å². The molecule has 4 rings (SSSR count). The molecular weight excluding hydrogens is 506 g/mol. The molecule has 1 saturated heterocycles. The molecule has 1 heterocycles. The van der Waals surface area contributed by atoms with Crippen molar-refractivity contribution in [3.05, 3.63) is 99.1 Å². The fourth-order valence-electron chi connectivity index (χ4n) is 3.82. The number of ether oxygens (including phenoxy) is 2. The third-order valence-corrected chi connectivity index (χ3v) is 6.11. The predicted molar refractivity (Wildman–Crippen MR) is 147 cm³/mol. The number of carbonyl (C=O) groups excluding carboxylic acids is 2. The summed E-state index contributed by atoms with van der Waals surface area (Å²) in [6.07, 6.45) is 2.34. The standard InChI is InChI=1S/C28H25N3O6S/c1-3-18-5-10-21(11-6-18)30-27(33)23(26(32)29-28(30)38)15-20-9-14-24(25(16-20)36-4-2)37-17-19-7-12-22(13-8-19)31(34)35/h5-16H,3-4,17H2,1-2H3,(H,29,32,38)/b23-15+. The molecule has 0 radical (unpaired) electrons. The number of hydrogen-bond donors (Lipinski definition) is 1. The number of carbonyl (C=O) groups is 2. The lowest BCUT2D eigenvalue weighted by molar-refractivity contribution is -0.384. The van der Waals surface area contributed by atoms with Gasteiger partial charge in [0.05, 0.1) is 17.2 Å². The van der Waals surface area contributed by atoms with E-state index in [2.05, 4.69) is 5.32 Å². The highest BCUT2D eigenvalue weighted by atomic mass is 32.1. The zero-order valence-corrected chi connectivity index (χ0v) is 21.6. The molecule has 3 aromatic carbocycles. The van der Waals surface area contributed by atoms with Crippen molar-refractivity contribution in [1.29, 1.82) is 0 Å². The summed E-state index contributed by atoms with van der Waals surface area (Å²) >= 11 is 5.28. The van der Waals surface area contributed by atoms with E-state index in [1.54, 1.807) is 42.5 Å². The molecule has 0 spiro atoms. The Morgan fingerprint density at radius 1 is 0.947 bits per heavy atom. The zero-order valence-electron chi connectivity index (χ0n) is 20.8. The molecule has 10 heteroatoms. The number of nitro benzene ring substituents is 1. The van der Waals surface area contributed by atoms with E-state index in [1.807, 2.05) is 26.0 Å². The van der Waals surface area contributed by atoms with Crippen molar-refractivity contribution in [2.24, 2.45) is 0 Å². The topological polar surface area (TPSA) is 111 Å². The van der Waals surface area contributed by atoms with E-state index in [0.717, 1.165) is 17.5 Å². The second-order valence-corrected chi connectivity index (χ2v) is 8.72. The van der Waals surface area contributed by atoms with Crippen molar-refractivity contribution in [2.45, 2.75) is 26.9 Å². The van der Waals surface area contributed by atoms with Crippen LogP contribution in [0.25, 0.3) is 6.08 Å². The normalized spacial score (nSPS) is 14.4. The summed E-state index contributed by atoms with van der Waals surface area (Å²) in [5, 5.41) is 13.5. The number of hydrogen-bond acceptors (Lipinski definition) is 7. The third-order valence-electron chi connectivity index (χ3n) is 5.82. The van der Waals surface area contributed by atoms with Gasteiger partial charge in [-0.1, -0.05) is 25.1 Å². The van der Waals surface area contributed by atoms with Gasteiger partial charge in [0, 0.05) is 12.1 Å². The smallest absolute Gasteiger partial charge is 0.270 e. The molecule has 1 aliphatic heterocycles. The molecular formula is C28H25N3O6S. The molecule has 0 aromatic heterocycles. The average molecular weight is 532 g/mol. The molecule has 0 unspecified atom stereocenters. The second kappa shape index (κ2) is 11.7. The van der Waals surface area contributed by atoms with Crippen molar-refractivity contribution < 1.29 is 24.0 Å². The monoisotopic (exact) mass is 531 g/mol. The van der Waals surface area contributed by atoms with Crippen LogP contribution in [-0.4, -0.2) is 28.5 Å². The van der Waals surface area contributed by atoms with Crippen molar-refractivity contribution in [3.8, 4) is 11.5 Å².